The zero-order valence-electron chi connectivity index (χ0n) is 12.8. The molecule has 3 aromatic rings. The average Bonchev–Trinajstić information content (AvgIpc) is 2.99. The van der Waals surface area contributed by atoms with E-state index in [-0.39, 0.29) is 20.9 Å². The molecule has 0 saturated carbocycles. The van der Waals surface area contributed by atoms with Gasteiger partial charge in [-0.25, -0.2) is 17.8 Å². The number of hydrogen-bond donors (Lipinski definition) is 1. The van der Waals surface area contributed by atoms with Gasteiger partial charge in [-0.15, -0.1) is 5.10 Å². The minimum atomic E-state index is -3.98. The van der Waals surface area contributed by atoms with Crippen LogP contribution in [0.25, 0.3) is 0 Å². The third kappa shape index (κ3) is 4.42. The molecular weight excluding hydrogens is 442 g/mol. The number of hydrogen-bond acceptors (Lipinski definition) is 4. The Kier molecular flexibility index (Phi) is 5.64. The summed E-state index contributed by atoms with van der Waals surface area (Å²) in [5, 5.41) is 5.23. The SMILES string of the molecule is O=S(=O)(Nc1ncn(Cc2ccc(Cl)c(Cl)c2)n1)c1cc(Cl)ccc1Cl. The van der Waals surface area contributed by atoms with Gasteiger partial charge in [0.1, 0.15) is 11.2 Å². The maximum Gasteiger partial charge on any atom is 0.265 e. The number of anilines is 1. The van der Waals surface area contributed by atoms with Crippen LogP contribution in [0.4, 0.5) is 5.95 Å². The van der Waals surface area contributed by atoms with Crippen LogP contribution in [-0.2, 0) is 16.6 Å². The number of halogens is 4. The standard InChI is InChI=1S/C15H10Cl4N4O2S/c16-10-2-4-12(18)14(6-10)26(24,25)22-15-20-8-23(21-15)7-9-1-3-11(17)13(19)5-9/h1-6,8H,7H2,(H,21,22). The zero-order valence-corrected chi connectivity index (χ0v) is 16.7. The first-order chi connectivity index (χ1) is 12.2. The van der Waals surface area contributed by atoms with Gasteiger partial charge < -0.3 is 0 Å². The molecule has 0 spiro atoms. The van der Waals surface area contributed by atoms with E-state index in [9.17, 15) is 8.42 Å². The normalized spacial score (nSPS) is 11.5. The van der Waals surface area contributed by atoms with Crippen molar-refractivity contribution in [3.05, 3.63) is 68.4 Å². The highest BCUT2D eigenvalue weighted by Gasteiger charge is 2.20. The molecule has 0 unspecified atom stereocenters. The molecule has 1 aromatic heterocycles. The van der Waals surface area contributed by atoms with Gasteiger partial charge in [0.25, 0.3) is 16.0 Å². The summed E-state index contributed by atoms with van der Waals surface area (Å²) >= 11 is 23.6. The third-order valence-electron chi connectivity index (χ3n) is 3.27. The fraction of sp³-hybridized carbons (Fsp3) is 0.0667. The molecule has 0 fully saturated rings. The van der Waals surface area contributed by atoms with Gasteiger partial charge in [0, 0.05) is 5.02 Å². The van der Waals surface area contributed by atoms with Crippen LogP contribution in [0.1, 0.15) is 5.56 Å². The Morgan fingerprint density at radius 1 is 0.962 bits per heavy atom. The predicted octanol–water partition coefficient (Wildman–Crippen LogP) is 4.74. The molecule has 0 aliphatic rings. The second-order valence-electron chi connectivity index (χ2n) is 5.19. The molecular formula is C15H10Cl4N4O2S. The Morgan fingerprint density at radius 2 is 1.69 bits per heavy atom. The number of nitrogens with zero attached hydrogens (tertiary/aromatic N) is 3. The molecule has 0 amide bonds. The van der Waals surface area contributed by atoms with Crippen molar-refractivity contribution in [2.75, 3.05) is 4.72 Å². The second-order valence-corrected chi connectivity index (χ2v) is 8.50. The van der Waals surface area contributed by atoms with E-state index in [4.69, 9.17) is 46.4 Å². The molecule has 0 atom stereocenters. The number of aromatic nitrogens is 3. The monoisotopic (exact) mass is 450 g/mol. The van der Waals surface area contributed by atoms with Gasteiger partial charge in [-0.2, -0.15) is 4.98 Å². The van der Waals surface area contributed by atoms with Crippen LogP contribution in [0.3, 0.4) is 0 Å². The first-order valence-corrected chi connectivity index (χ1v) is 10.1. The first kappa shape index (κ1) is 19.3. The lowest BCUT2D eigenvalue weighted by Gasteiger charge is -2.07. The van der Waals surface area contributed by atoms with Gasteiger partial charge in [-0.05, 0) is 35.9 Å². The van der Waals surface area contributed by atoms with Gasteiger partial charge >= 0.3 is 0 Å². The van der Waals surface area contributed by atoms with Crippen molar-refractivity contribution in [2.24, 2.45) is 0 Å². The van der Waals surface area contributed by atoms with Crippen LogP contribution in [0, 0.1) is 0 Å². The van der Waals surface area contributed by atoms with Crippen LogP contribution in [0.2, 0.25) is 20.1 Å². The van der Waals surface area contributed by atoms with Gasteiger partial charge in [0.15, 0.2) is 0 Å². The Hall–Kier alpha value is -1.51. The van der Waals surface area contributed by atoms with Crippen LogP contribution < -0.4 is 4.72 Å². The van der Waals surface area contributed by atoms with Crippen molar-refractivity contribution in [2.45, 2.75) is 11.4 Å². The molecule has 1 heterocycles. The highest BCUT2D eigenvalue weighted by Crippen LogP contribution is 2.26. The summed E-state index contributed by atoms with van der Waals surface area (Å²) in [6.07, 6.45) is 1.39. The van der Waals surface area contributed by atoms with Gasteiger partial charge in [0.2, 0.25) is 0 Å². The summed E-state index contributed by atoms with van der Waals surface area (Å²) < 4.78 is 28.6. The molecule has 0 saturated heterocycles. The molecule has 2 aromatic carbocycles. The minimum Gasteiger partial charge on any atom is -0.246 e. The van der Waals surface area contributed by atoms with Gasteiger partial charge in [-0.3, -0.25) is 0 Å². The van der Waals surface area contributed by atoms with E-state index < -0.39 is 10.0 Å². The molecule has 0 bridgehead atoms. The van der Waals surface area contributed by atoms with Crippen molar-refractivity contribution < 1.29 is 8.42 Å². The van der Waals surface area contributed by atoms with E-state index in [0.717, 1.165) is 5.56 Å². The predicted molar refractivity (Wildman–Crippen MR) is 103 cm³/mol. The average molecular weight is 452 g/mol. The molecule has 26 heavy (non-hydrogen) atoms. The van der Waals surface area contributed by atoms with Crippen LogP contribution >= 0.6 is 46.4 Å². The van der Waals surface area contributed by atoms with E-state index in [2.05, 4.69) is 14.8 Å². The number of sulfonamides is 1. The largest absolute Gasteiger partial charge is 0.265 e. The molecule has 3 rings (SSSR count). The molecule has 11 heteroatoms. The number of rotatable bonds is 5. The Balaban J connectivity index is 1.79. The van der Waals surface area contributed by atoms with Crippen LogP contribution in [0.5, 0.6) is 0 Å². The van der Waals surface area contributed by atoms with E-state index in [1.165, 1.54) is 29.2 Å². The Labute approximate surface area is 169 Å². The molecule has 136 valence electrons. The fourth-order valence-corrected chi connectivity index (χ4v) is 4.13. The van der Waals surface area contributed by atoms with E-state index in [1.54, 1.807) is 18.2 Å². The molecule has 6 nitrogen and oxygen atoms in total. The number of benzene rings is 2. The van der Waals surface area contributed by atoms with Crippen molar-refractivity contribution in [3.8, 4) is 0 Å². The summed E-state index contributed by atoms with van der Waals surface area (Å²) in [6, 6.07) is 9.29. The molecule has 0 aliphatic heterocycles. The van der Waals surface area contributed by atoms with Crippen molar-refractivity contribution in [1.29, 1.82) is 0 Å². The van der Waals surface area contributed by atoms with Gasteiger partial charge in [-0.1, -0.05) is 52.5 Å². The van der Waals surface area contributed by atoms with Crippen molar-refractivity contribution in [3.63, 3.8) is 0 Å². The maximum absolute atomic E-state index is 12.4. The lowest BCUT2D eigenvalue weighted by Crippen LogP contribution is -2.15. The lowest BCUT2D eigenvalue weighted by molar-refractivity contribution is 0.600. The summed E-state index contributed by atoms with van der Waals surface area (Å²) in [7, 11) is -3.98. The van der Waals surface area contributed by atoms with Crippen LogP contribution in [0.15, 0.2) is 47.6 Å². The highest BCUT2D eigenvalue weighted by molar-refractivity contribution is 7.92. The summed E-state index contributed by atoms with van der Waals surface area (Å²) in [5.41, 5.74) is 0.830. The summed E-state index contributed by atoms with van der Waals surface area (Å²) in [4.78, 5) is 3.78. The van der Waals surface area contributed by atoms with E-state index in [1.807, 2.05) is 0 Å². The lowest BCUT2D eigenvalue weighted by atomic mass is 10.2. The highest BCUT2D eigenvalue weighted by atomic mass is 35.5. The van der Waals surface area contributed by atoms with E-state index >= 15 is 0 Å². The number of nitrogens with one attached hydrogen (secondary N) is 1. The topological polar surface area (TPSA) is 76.9 Å². The maximum atomic E-state index is 12.4. The zero-order chi connectivity index (χ0) is 18.9. The van der Waals surface area contributed by atoms with Crippen molar-refractivity contribution >= 4 is 62.4 Å². The quantitative estimate of drug-likeness (QED) is 0.607. The Bertz CT molecular complexity index is 1070. The fourth-order valence-electron chi connectivity index (χ4n) is 2.10. The molecule has 1 N–H and O–H groups in total. The first-order valence-electron chi connectivity index (χ1n) is 7.06. The summed E-state index contributed by atoms with van der Waals surface area (Å²) in [6.45, 7) is 0.337. The summed E-state index contributed by atoms with van der Waals surface area (Å²) in [5.74, 6) is -0.0962. The third-order valence-corrected chi connectivity index (χ3v) is 6.06. The Morgan fingerprint density at radius 3 is 2.42 bits per heavy atom. The van der Waals surface area contributed by atoms with E-state index in [0.29, 0.717) is 16.6 Å². The second kappa shape index (κ2) is 7.62. The smallest absolute Gasteiger partial charge is 0.246 e. The molecule has 0 aliphatic carbocycles. The van der Waals surface area contributed by atoms with Gasteiger partial charge in [0.05, 0.1) is 21.6 Å². The minimum absolute atomic E-state index is 0.0390. The molecule has 0 radical (unpaired) electrons. The van der Waals surface area contributed by atoms with Crippen molar-refractivity contribution in [1.82, 2.24) is 14.8 Å². The van der Waals surface area contributed by atoms with Crippen LogP contribution in [-0.4, -0.2) is 23.2 Å².